The van der Waals surface area contributed by atoms with E-state index >= 15 is 0 Å². The highest BCUT2D eigenvalue weighted by Gasteiger charge is 2.00. The van der Waals surface area contributed by atoms with Crippen molar-refractivity contribution in [2.24, 2.45) is 5.73 Å². The number of aromatic nitrogens is 6. The SMILES string of the molecule is NCCNCc1nc(N)nc(N)n1.O=c1[nH]c(=O)[nH]c(=O)[nH]1. The highest BCUT2D eigenvalue weighted by atomic mass is 16.2. The van der Waals surface area contributed by atoms with Crippen LogP contribution in [0.5, 0.6) is 0 Å². The smallest absolute Gasteiger partial charge is 0.330 e. The summed E-state index contributed by atoms with van der Waals surface area (Å²) >= 11 is 0. The number of nitrogen functional groups attached to an aromatic ring is 2. The Morgan fingerprint density at radius 1 is 0.864 bits per heavy atom. The molecule has 22 heavy (non-hydrogen) atoms. The molecular weight excluding hydrogens is 296 g/mol. The number of nitrogens with zero attached hydrogens (tertiary/aromatic N) is 3. The molecule has 0 radical (unpaired) electrons. The minimum absolute atomic E-state index is 0.136. The van der Waals surface area contributed by atoms with Crippen molar-refractivity contribution in [2.45, 2.75) is 6.54 Å². The summed E-state index contributed by atoms with van der Waals surface area (Å²) in [5.74, 6) is 0.799. The first-order valence-electron chi connectivity index (χ1n) is 6.00. The van der Waals surface area contributed by atoms with E-state index in [-0.39, 0.29) is 11.9 Å². The van der Waals surface area contributed by atoms with E-state index in [1.54, 1.807) is 15.0 Å². The Morgan fingerprint density at radius 3 is 1.73 bits per heavy atom. The van der Waals surface area contributed by atoms with Crippen LogP contribution in [0.3, 0.4) is 0 Å². The first-order valence-corrected chi connectivity index (χ1v) is 6.00. The third-order valence-electron chi connectivity index (χ3n) is 2.00. The number of hydrogen-bond acceptors (Lipinski definition) is 10. The molecule has 13 nitrogen and oxygen atoms in total. The van der Waals surface area contributed by atoms with E-state index in [1.807, 2.05) is 0 Å². The third kappa shape index (κ3) is 6.40. The predicted octanol–water partition coefficient (Wildman–Crippen LogP) is -4.16. The Balaban J connectivity index is 0.000000235. The largest absolute Gasteiger partial charge is 0.368 e. The first-order chi connectivity index (χ1) is 10.4. The molecule has 0 aliphatic heterocycles. The number of nitrogens with one attached hydrogen (secondary N) is 4. The molecule has 0 atom stereocenters. The van der Waals surface area contributed by atoms with Crippen LogP contribution in [-0.4, -0.2) is 43.0 Å². The van der Waals surface area contributed by atoms with Crippen LogP contribution in [0, 0.1) is 0 Å². The van der Waals surface area contributed by atoms with Crippen molar-refractivity contribution < 1.29 is 0 Å². The van der Waals surface area contributed by atoms with Crippen LogP contribution in [0.2, 0.25) is 0 Å². The van der Waals surface area contributed by atoms with Crippen LogP contribution < -0.4 is 39.6 Å². The Hall–Kier alpha value is -3.06. The normalized spacial score (nSPS) is 9.86. The number of rotatable bonds is 4. The first kappa shape index (κ1) is 17.0. The molecular formula is C9H16N10O3. The number of nitrogens with two attached hydrogens (primary N) is 3. The molecule has 2 heterocycles. The average molecular weight is 312 g/mol. The van der Waals surface area contributed by atoms with Crippen molar-refractivity contribution in [3.8, 4) is 0 Å². The quantitative estimate of drug-likeness (QED) is 0.269. The second kappa shape index (κ2) is 8.28. The zero-order valence-electron chi connectivity index (χ0n) is 11.4. The standard InChI is InChI=1S/C6H13N7.C3H3N3O3/c7-1-2-10-3-4-11-5(8)13-6(9)12-4;7-1-4-2(8)6-3(9)5-1/h10H,1-3,7H2,(H4,8,9,11,12,13);(H3,4,5,6,7,8,9). The zero-order chi connectivity index (χ0) is 16.5. The fourth-order valence-corrected chi connectivity index (χ4v) is 1.24. The lowest BCUT2D eigenvalue weighted by Crippen LogP contribution is -2.34. The van der Waals surface area contributed by atoms with Gasteiger partial charge >= 0.3 is 17.1 Å². The van der Waals surface area contributed by atoms with Crippen molar-refractivity contribution in [1.82, 2.24) is 35.2 Å². The maximum atomic E-state index is 10.2. The van der Waals surface area contributed by atoms with Gasteiger partial charge in [0.15, 0.2) is 0 Å². The molecule has 2 aromatic heterocycles. The topological polar surface area (TPSA) is 227 Å². The molecule has 0 unspecified atom stereocenters. The monoisotopic (exact) mass is 312 g/mol. The van der Waals surface area contributed by atoms with Gasteiger partial charge in [-0.1, -0.05) is 0 Å². The molecule has 0 aliphatic rings. The zero-order valence-corrected chi connectivity index (χ0v) is 11.4. The Labute approximate surface area is 122 Å². The molecule has 0 saturated heterocycles. The summed E-state index contributed by atoms with van der Waals surface area (Å²) in [7, 11) is 0. The van der Waals surface area contributed by atoms with Crippen LogP contribution in [0.1, 0.15) is 5.82 Å². The number of aromatic amines is 3. The molecule has 2 aromatic rings. The fourth-order valence-electron chi connectivity index (χ4n) is 1.24. The minimum atomic E-state index is -0.802. The predicted molar refractivity (Wildman–Crippen MR) is 77.7 cm³/mol. The maximum absolute atomic E-state index is 10.2. The van der Waals surface area contributed by atoms with Crippen LogP contribution in [-0.2, 0) is 6.54 Å². The van der Waals surface area contributed by atoms with Crippen LogP contribution >= 0.6 is 0 Å². The van der Waals surface area contributed by atoms with Crippen molar-refractivity contribution >= 4 is 11.9 Å². The van der Waals surface area contributed by atoms with Crippen LogP contribution in [0.15, 0.2) is 14.4 Å². The van der Waals surface area contributed by atoms with Crippen molar-refractivity contribution in [1.29, 1.82) is 0 Å². The van der Waals surface area contributed by atoms with Gasteiger partial charge in [0, 0.05) is 13.1 Å². The highest BCUT2D eigenvalue weighted by Crippen LogP contribution is 1.97. The van der Waals surface area contributed by atoms with E-state index in [9.17, 15) is 14.4 Å². The summed E-state index contributed by atoms with van der Waals surface area (Å²) in [6.45, 7) is 1.76. The molecule has 0 fully saturated rings. The van der Waals surface area contributed by atoms with E-state index in [0.717, 1.165) is 0 Å². The van der Waals surface area contributed by atoms with Gasteiger partial charge < -0.3 is 22.5 Å². The number of anilines is 2. The van der Waals surface area contributed by atoms with Gasteiger partial charge in [0.1, 0.15) is 5.82 Å². The molecule has 13 heteroatoms. The lowest BCUT2D eigenvalue weighted by atomic mass is 10.5. The summed E-state index contributed by atoms with van der Waals surface area (Å²) in [6.07, 6.45) is 0. The minimum Gasteiger partial charge on any atom is -0.368 e. The van der Waals surface area contributed by atoms with Crippen LogP contribution in [0.4, 0.5) is 11.9 Å². The van der Waals surface area contributed by atoms with Gasteiger partial charge in [0.25, 0.3) is 0 Å². The summed E-state index contributed by atoms with van der Waals surface area (Å²) in [6, 6.07) is 0. The fraction of sp³-hybridized carbons (Fsp3) is 0.333. The van der Waals surface area contributed by atoms with Gasteiger partial charge in [-0.2, -0.15) is 15.0 Å². The van der Waals surface area contributed by atoms with Crippen molar-refractivity contribution in [3.05, 3.63) is 37.3 Å². The lowest BCUT2D eigenvalue weighted by molar-refractivity contribution is 0.665. The van der Waals surface area contributed by atoms with E-state index in [4.69, 9.17) is 17.2 Å². The third-order valence-corrected chi connectivity index (χ3v) is 2.00. The second-order valence-corrected chi connectivity index (χ2v) is 3.80. The van der Waals surface area contributed by atoms with Crippen molar-refractivity contribution in [3.63, 3.8) is 0 Å². The molecule has 0 spiro atoms. The van der Waals surface area contributed by atoms with E-state index < -0.39 is 17.1 Å². The Morgan fingerprint density at radius 2 is 1.32 bits per heavy atom. The molecule has 2 rings (SSSR count). The molecule has 0 saturated carbocycles. The van der Waals surface area contributed by atoms with E-state index in [2.05, 4.69) is 20.3 Å². The van der Waals surface area contributed by atoms with E-state index in [1.165, 1.54) is 0 Å². The summed E-state index contributed by atoms with van der Waals surface area (Å²) < 4.78 is 0. The molecule has 0 aliphatic carbocycles. The molecule has 0 bridgehead atoms. The van der Waals surface area contributed by atoms with Gasteiger partial charge in [-0.15, -0.1) is 0 Å². The molecule has 0 amide bonds. The number of hydrogen-bond donors (Lipinski definition) is 7. The molecule has 10 N–H and O–H groups in total. The van der Waals surface area contributed by atoms with Gasteiger partial charge in [-0.05, 0) is 0 Å². The van der Waals surface area contributed by atoms with Gasteiger partial charge in [-0.3, -0.25) is 15.0 Å². The summed E-state index contributed by atoms with van der Waals surface area (Å²) in [5.41, 5.74) is 13.6. The van der Waals surface area contributed by atoms with Gasteiger partial charge in [0.2, 0.25) is 11.9 Å². The van der Waals surface area contributed by atoms with Crippen molar-refractivity contribution in [2.75, 3.05) is 24.6 Å². The van der Waals surface area contributed by atoms with Gasteiger partial charge in [0.05, 0.1) is 6.54 Å². The average Bonchev–Trinajstić information content (AvgIpc) is 2.36. The van der Waals surface area contributed by atoms with E-state index in [0.29, 0.717) is 25.5 Å². The molecule has 0 aromatic carbocycles. The Bertz CT molecular complexity index is 664. The van der Waals surface area contributed by atoms with Crippen LogP contribution in [0.25, 0.3) is 0 Å². The highest BCUT2D eigenvalue weighted by molar-refractivity contribution is 5.25. The number of H-pyrrole nitrogens is 3. The maximum Gasteiger partial charge on any atom is 0.330 e. The second-order valence-electron chi connectivity index (χ2n) is 3.80. The Kier molecular flexibility index (Phi) is 6.39. The summed E-state index contributed by atoms with van der Waals surface area (Å²) in [5, 5.41) is 3.02. The van der Waals surface area contributed by atoms with Gasteiger partial charge in [-0.25, -0.2) is 14.4 Å². The lowest BCUT2D eigenvalue weighted by Gasteiger charge is -2.02. The molecule has 120 valence electrons. The summed E-state index contributed by atoms with van der Waals surface area (Å²) in [4.78, 5) is 47.3.